The zero-order chi connectivity index (χ0) is 21.4. The number of hydrogen-bond donors (Lipinski definition) is 1. The van der Waals surface area contributed by atoms with Crippen LogP contribution < -0.4 is 14.8 Å². The van der Waals surface area contributed by atoms with Crippen molar-refractivity contribution in [2.75, 3.05) is 26.0 Å². The second-order valence-electron chi connectivity index (χ2n) is 6.20. The fraction of sp³-hybridized carbons (Fsp3) is 0.238. The monoisotopic (exact) mass is 404 g/mol. The van der Waals surface area contributed by atoms with E-state index in [1.807, 2.05) is 19.1 Å². The van der Waals surface area contributed by atoms with Crippen LogP contribution in [0.4, 0.5) is 14.5 Å². The number of carbonyl (C=O) groups is 2. The van der Waals surface area contributed by atoms with E-state index in [1.54, 1.807) is 18.2 Å². The van der Waals surface area contributed by atoms with Gasteiger partial charge in [0.15, 0.2) is 11.5 Å². The molecule has 2 rings (SSSR count). The lowest BCUT2D eigenvalue weighted by Crippen LogP contribution is -2.33. The number of alkyl halides is 2. The van der Waals surface area contributed by atoms with Crippen molar-refractivity contribution < 1.29 is 27.8 Å². The summed E-state index contributed by atoms with van der Waals surface area (Å²) in [4.78, 5) is 25.6. The molecule has 0 aromatic heterocycles. The van der Waals surface area contributed by atoms with Crippen LogP contribution in [0.3, 0.4) is 0 Å². The topological polar surface area (TPSA) is 67.9 Å². The van der Waals surface area contributed by atoms with Gasteiger partial charge in [-0.2, -0.15) is 8.78 Å². The lowest BCUT2D eigenvalue weighted by Gasteiger charge is -2.15. The molecule has 0 atom stereocenters. The van der Waals surface area contributed by atoms with Gasteiger partial charge >= 0.3 is 6.61 Å². The first-order chi connectivity index (χ1) is 13.8. The molecule has 0 aliphatic rings. The number of methoxy groups -OCH3 is 1. The van der Waals surface area contributed by atoms with E-state index in [1.165, 1.54) is 43.3 Å². The minimum absolute atomic E-state index is 0.116. The van der Waals surface area contributed by atoms with Crippen LogP contribution in [0, 0.1) is 6.92 Å². The van der Waals surface area contributed by atoms with E-state index in [0.717, 1.165) is 5.56 Å². The molecule has 8 heteroatoms. The van der Waals surface area contributed by atoms with Crippen molar-refractivity contribution in [3.63, 3.8) is 0 Å². The molecule has 154 valence electrons. The number of halogens is 2. The van der Waals surface area contributed by atoms with Gasteiger partial charge in [0.25, 0.3) is 0 Å². The molecule has 0 heterocycles. The summed E-state index contributed by atoms with van der Waals surface area (Å²) in [6.45, 7) is -1.28. The van der Waals surface area contributed by atoms with Crippen LogP contribution in [0.15, 0.2) is 48.5 Å². The number of aryl methyl sites for hydroxylation is 1. The summed E-state index contributed by atoms with van der Waals surface area (Å²) >= 11 is 0. The third-order valence-electron chi connectivity index (χ3n) is 3.93. The van der Waals surface area contributed by atoms with E-state index in [0.29, 0.717) is 5.69 Å². The molecule has 6 nitrogen and oxygen atoms in total. The van der Waals surface area contributed by atoms with Crippen LogP contribution in [0.1, 0.15) is 11.1 Å². The number of benzene rings is 2. The Hall–Kier alpha value is -3.42. The fourth-order valence-corrected chi connectivity index (χ4v) is 2.46. The Morgan fingerprint density at radius 3 is 2.48 bits per heavy atom. The lowest BCUT2D eigenvalue weighted by atomic mass is 10.1. The number of likely N-dealkylation sites (N-methyl/N-ethyl adjacent to an activating group) is 1. The SMILES string of the molecule is COc1cccc(/C=C/C(=O)N(C)CC(=O)Nc2ccc(C)cc2)c1OC(F)F. The molecule has 2 aromatic rings. The average molecular weight is 404 g/mol. The van der Waals surface area contributed by atoms with Gasteiger partial charge in [-0.1, -0.05) is 29.8 Å². The summed E-state index contributed by atoms with van der Waals surface area (Å²) < 4.78 is 34.9. The molecule has 0 aliphatic carbocycles. The van der Waals surface area contributed by atoms with E-state index in [2.05, 4.69) is 10.1 Å². The Balaban J connectivity index is 2.02. The van der Waals surface area contributed by atoms with Gasteiger partial charge in [0.2, 0.25) is 11.8 Å². The Morgan fingerprint density at radius 2 is 1.86 bits per heavy atom. The second-order valence-corrected chi connectivity index (χ2v) is 6.20. The molecule has 2 aromatic carbocycles. The van der Waals surface area contributed by atoms with Gasteiger partial charge in [0.1, 0.15) is 0 Å². The van der Waals surface area contributed by atoms with Crippen LogP contribution >= 0.6 is 0 Å². The van der Waals surface area contributed by atoms with E-state index < -0.39 is 12.5 Å². The summed E-state index contributed by atoms with van der Waals surface area (Å²) in [7, 11) is 2.79. The Morgan fingerprint density at radius 1 is 1.17 bits per heavy atom. The molecular weight excluding hydrogens is 382 g/mol. The number of nitrogens with one attached hydrogen (secondary N) is 1. The molecule has 0 unspecified atom stereocenters. The molecule has 0 bridgehead atoms. The first-order valence-electron chi connectivity index (χ1n) is 8.71. The van der Waals surface area contributed by atoms with Crippen molar-refractivity contribution in [3.05, 3.63) is 59.7 Å². The number of carbonyl (C=O) groups excluding carboxylic acids is 2. The van der Waals surface area contributed by atoms with Gasteiger partial charge in [-0.3, -0.25) is 9.59 Å². The summed E-state index contributed by atoms with van der Waals surface area (Å²) in [5.41, 5.74) is 1.94. The Bertz CT molecular complexity index is 883. The molecule has 1 N–H and O–H groups in total. The molecule has 0 fully saturated rings. The maximum atomic E-state index is 12.7. The predicted octanol–water partition coefficient (Wildman–Crippen LogP) is 3.72. The number of anilines is 1. The van der Waals surface area contributed by atoms with Crippen LogP contribution in [0.25, 0.3) is 6.08 Å². The molecule has 0 spiro atoms. The van der Waals surface area contributed by atoms with Gasteiger partial charge in [0, 0.05) is 24.4 Å². The van der Waals surface area contributed by atoms with Crippen molar-refractivity contribution >= 4 is 23.6 Å². The van der Waals surface area contributed by atoms with Gasteiger partial charge in [-0.05, 0) is 31.2 Å². The quantitative estimate of drug-likeness (QED) is 0.681. The first kappa shape index (κ1) is 21.9. The van der Waals surface area contributed by atoms with E-state index in [-0.39, 0.29) is 29.5 Å². The second kappa shape index (κ2) is 10.2. The zero-order valence-electron chi connectivity index (χ0n) is 16.3. The largest absolute Gasteiger partial charge is 0.493 e. The van der Waals surface area contributed by atoms with Crippen LogP contribution in [-0.2, 0) is 9.59 Å². The van der Waals surface area contributed by atoms with Crippen LogP contribution in [0.2, 0.25) is 0 Å². The predicted molar refractivity (Wildman–Crippen MR) is 106 cm³/mol. The van der Waals surface area contributed by atoms with Gasteiger partial charge < -0.3 is 19.7 Å². The average Bonchev–Trinajstić information content (AvgIpc) is 2.68. The smallest absolute Gasteiger partial charge is 0.387 e. The minimum Gasteiger partial charge on any atom is -0.493 e. The number of hydrogen-bond acceptors (Lipinski definition) is 4. The first-order valence-corrected chi connectivity index (χ1v) is 8.71. The lowest BCUT2D eigenvalue weighted by molar-refractivity contribution is -0.129. The van der Waals surface area contributed by atoms with E-state index in [4.69, 9.17) is 4.74 Å². The minimum atomic E-state index is -3.04. The van der Waals surface area contributed by atoms with Gasteiger partial charge in [-0.25, -0.2) is 0 Å². The van der Waals surface area contributed by atoms with E-state index >= 15 is 0 Å². The van der Waals surface area contributed by atoms with Crippen LogP contribution in [0.5, 0.6) is 11.5 Å². The third-order valence-corrected chi connectivity index (χ3v) is 3.93. The van der Waals surface area contributed by atoms with Crippen molar-refractivity contribution in [1.29, 1.82) is 0 Å². The number of para-hydroxylation sites is 1. The summed E-state index contributed by atoms with van der Waals surface area (Å²) in [6.07, 6.45) is 2.50. The normalized spacial score (nSPS) is 10.8. The van der Waals surface area contributed by atoms with Crippen molar-refractivity contribution in [2.45, 2.75) is 13.5 Å². The Kier molecular flexibility index (Phi) is 7.70. The maximum Gasteiger partial charge on any atom is 0.387 e. The highest BCUT2D eigenvalue weighted by molar-refractivity contribution is 5.98. The standard InChI is InChI=1S/C21H22F2N2O4/c1-14-7-10-16(11-8-14)24-18(26)13-25(2)19(27)12-9-15-5-4-6-17(28-3)20(15)29-21(22)23/h4-12,21H,13H2,1-3H3,(H,24,26)/b12-9+. The molecule has 29 heavy (non-hydrogen) atoms. The Labute approximate surface area is 167 Å². The van der Waals surface area contributed by atoms with Gasteiger partial charge in [-0.15, -0.1) is 0 Å². The van der Waals surface area contributed by atoms with Crippen molar-refractivity contribution in [3.8, 4) is 11.5 Å². The molecular formula is C21H22F2N2O4. The molecule has 0 aliphatic heterocycles. The van der Waals surface area contributed by atoms with Crippen molar-refractivity contribution in [2.24, 2.45) is 0 Å². The fourth-order valence-electron chi connectivity index (χ4n) is 2.46. The molecule has 0 saturated heterocycles. The number of rotatable bonds is 8. The number of ether oxygens (including phenoxy) is 2. The number of nitrogens with zero attached hydrogens (tertiary/aromatic N) is 1. The highest BCUT2D eigenvalue weighted by Crippen LogP contribution is 2.33. The van der Waals surface area contributed by atoms with E-state index in [9.17, 15) is 18.4 Å². The van der Waals surface area contributed by atoms with Crippen molar-refractivity contribution in [1.82, 2.24) is 4.90 Å². The summed E-state index contributed by atoms with van der Waals surface area (Å²) in [6, 6.07) is 11.8. The third kappa shape index (κ3) is 6.60. The number of amides is 2. The highest BCUT2D eigenvalue weighted by Gasteiger charge is 2.15. The molecule has 2 amide bonds. The summed E-state index contributed by atoms with van der Waals surface area (Å²) in [5.74, 6) is -0.893. The molecule has 0 saturated carbocycles. The van der Waals surface area contributed by atoms with Gasteiger partial charge in [0.05, 0.1) is 13.7 Å². The maximum absolute atomic E-state index is 12.7. The highest BCUT2D eigenvalue weighted by atomic mass is 19.3. The van der Waals surface area contributed by atoms with Crippen LogP contribution in [-0.4, -0.2) is 44.0 Å². The molecule has 0 radical (unpaired) electrons. The summed E-state index contributed by atoms with van der Waals surface area (Å²) in [5, 5.41) is 2.70. The zero-order valence-corrected chi connectivity index (χ0v) is 16.3.